The standard InChI is InChI=1S/C31H40N4O3/c1-30(2,3)38-29(36)35-13-9-22(10-14-35)23-7-8-27-24(17-23)18-31(4,37-27)26-11-15-34(16-12-26)28-32-19-25(20-33-28)21-5-6-21/h7-9,17,19-21,26H,5-6,10-16,18H2,1-4H3. The summed E-state index contributed by atoms with van der Waals surface area (Å²) in [4.78, 5) is 25.9. The lowest BCUT2D eigenvalue weighted by Gasteiger charge is -2.40. The van der Waals surface area contributed by atoms with Gasteiger partial charge in [-0.2, -0.15) is 0 Å². The summed E-state index contributed by atoms with van der Waals surface area (Å²) in [6, 6.07) is 6.62. The molecule has 6 rings (SSSR count). The van der Waals surface area contributed by atoms with Gasteiger partial charge in [0.2, 0.25) is 5.95 Å². The summed E-state index contributed by atoms with van der Waals surface area (Å²) in [7, 11) is 0. The Bertz CT molecular complexity index is 1220. The molecule has 0 N–H and O–H groups in total. The van der Waals surface area contributed by atoms with E-state index in [0.29, 0.717) is 24.9 Å². The molecule has 4 heterocycles. The van der Waals surface area contributed by atoms with Crippen molar-refractivity contribution >= 4 is 17.6 Å². The molecule has 3 aliphatic heterocycles. The van der Waals surface area contributed by atoms with E-state index in [4.69, 9.17) is 9.47 Å². The lowest BCUT2D eigenvalue weighted by Crippen LogP contribution is -2.46. The van der Waals surface area contributed by atoms with Crippen LogP contribution in [0, 0.1) is 5.92 Å². The van der Waals surface area contributed by atoms with Crippen LogP contribution in [0.15, 0.2) is 36.7 Å². The molecule has 1 atom stereocenters. The van der Waals surface area contributed by atoms with Crippen LogP contribution in [0.2, 0.25) is 0 Å². The summed E-state index contributed by atoms with van der Waals surface area (Å²) in [5.74, 6) is 3.07. The van der Waals surface area contributed by atoms with Crippen LogP contribution in [-0.4, -0.2) is 58.3 Å². The Morgan fingerprint density at radius 1 is 1.08 bits per heavy atom. The second-order valence-electron chi connectivity index (χ2n) is 12.7. The first-order chi connectivity index (χ1) is 18.2. The Balaban J connectivity index is 1.06. The smallest absolute Gasteiger partial charge is 0.410 e. The maximum Gasteiger partial charge on any atom is 0.410 e. The topological polar surface area (TPSA) is 67.8 Å². The molecule has 1 unspecified atom stereocenters. The zero-order valence-corrected chi connectivity index (χ0v) is 23.2. The molecule has 1 saturated heterocycles. The van der Waals surface area contributed by atoms with Crippen molar-refractivity contribution in [3.8, 4) is 5.75 Å². The molecular weight excluding hydrogens is 476 g/mol. The van der Waals surface area contributed by atoms with Gasteiger partial charge in [-0.1, -0.05) is 12.1 Å². The lowest BCUT2D eigenvalue weighted by atomic mass is 9.79. The van der Waals surface area contributed by atoms with Gasteiger partial charge in [-0.25, -0.2) is 14.8 Å². The minimum Gasteiger partial charge on any atom is -0.487 e. The Morgan fingerprint density at radius 3 is 2.45 bits per heavy atom. The van der Waals surface area contributed by atoms with Crippen LogP contribution in [0.5, 0.6) is 5.75 Å². The minimum absolute atomic E-state index is 0.182. The molecule has 0 bridgehead atoms. The van der Waals surface area contributed by atoms with E-state index in [1.807, 2.05) is 33.2 Å². The van der Waals surface area contributed by atoms with Gasteiger partial charge in [0.05, 0.1) is 0 Å². The van der Waals surface area contributed by atoms with Gasteiger partial charge >= 0.3 is 6.09 Å². The van der Waals surface area contributed by atoms with Gasteiger partial charge in [-0.3, -0.25) is 0 Å². The second-order valence-corrected chi connectivity index (χ2v) is 12.7. The number of amides is 1. The van der Waals surface area contributed by atoms with Crippen LogP contribution in [0.4, 0.5) is 10.7 Å². The predicted octanol–water partition coefficient (Wildman–Crippen LogP) is 5.99. The molecule has 0 radical (unpaired) electrons. The molecule has 1 amide bonds. The summed E-state index contributed by atoms with van der Waals surface area (Å²) in [5.41, 5.74) is 4.46. The van der Waals surface area contributed by atoms with Gasteiger partial charge in [-0.15, -0.1) is 0 Å². The summed E-state index contributed by atoms with van der Waals surface area (Å²) >= 11 is 0. The third-order valence-electron chi connectivity index (χ3n) is 8.53. The highest BCUT2D eigenvalue weighted by atomic mass is 16.6. The van der Waals surface area contributed by atoms with E-state index in [1.165, 1.54) is 35.1 Å². The molecule has 1 aliphatic carbocycles. The van der Waals surface area contributed by atoms with E-state index in [9.17, 15) is 4.79 Å². The van der Waals surface area contributed by atoms with Crippen molar-refractivity contribution in [1.29, 1.82) is 0 Å². The van der Waals surface area contributed by atoms with Crippen molar-refractivity contribution in [2.24, 2.45) is 5.92 Å². The summed E-state index contributed by atoms with van der Waals surface area (Å²) < 4.78 is 12.2. The van der Waals surface area contributed by atoms with Crippen LogP contribution in [0.25, 0.3) is 5.57 Å². The molecule has 7 nitrogen and oxygen atoms in total. The third kappa shape index (κ3) is 5.25. The number of fused-ring (bicyclic) bond motifs is 1. The number of aromatic nitrogens is 2. The highest BCUT2D eigenvalue weighted by molar-refractivity contribution is 5.73. The van der Waals surface area contributed by atoms with Gasteiger partial charge in [0.1, 0.15) is 17.0 Å². The molecule has 7 heteroatoms. The van der Waals surface area contributed by atoms with Gasteiger partial charge in [0.25, 0.3) is 0 Å². The predicted molar refractivity (Wildman–Crippen MR) is 149 cm³/mol. The first-order valence-electron chi connectivity index (χ1n) is 14.2. The number of nitrogens with zero attached hydrogens (tertiary/aromatic N) is 4. The normalized spacial score (nSPS) is 24.1. The maximum atomic E-state index is 12.4. The first-order valence-corrected chi connectivity index (χ1v) is 14.2. The largest absolute Gasteiger partial charge is 0.487 e. The molecule has 4 aliphatic rings. The molecule has 2 aromatic rings. The molecule has 0 spiro atoms. The molecule has 38 heavy (non-hydrogen) atoms. The second kappa shape index (κ2) is 9.58. The highest BCUT2D eigenvalue weighted by Gasteiger charge is 2.43. The van der Waals surface area contributed by atoms with E-state index in [-0.39, 0.29) is 11.7 Å². The van der Waals surface area contributed by atoms with Crippen LogP contribution in [-0.2, 0) is 11.2 Å². The van der Waals surface area contributed by atoms with E-state index in [1.54, 1.807) is 4.90 Å². The summed E-state index contributed by atoms with van der Waals surface area (Å²) in [6.07, 6.45) is 12.5. The van der Waals surface area contributed by atoms with E-state index in [2.05, 4.69) is 46.1 Å². The number of carbonyl (C=O) groups is 1. The van der Waals surface area contributed by atoms with Crippen LogP contribution >= 0.6 is 0 Å². The Hall–Kier alpha value is -3.09. The maximum absolute atomic E-state index is 12.4. The number of piperidine rings is 1. The highest BCUT2D eigenvalue weighted by Crippen LogP contribution is 2.44. The average Bonchev–Trinajstić information content (AvgIpc) is 3.69. The summed E-state index contributed by atoms with van der Waals surface area (Å²) in [6.45, 7) is 11.2. The Morgan fingerprint density at radius 2 is 1.82 bits per heavy atom. The molecule has 1 saturated carbocycles. The van der Waals surface area contributed by atoms with Crippen molar-refractivity contribution in [1.82, 2.24) is 14.9 Å². The monoisotopic (exact) mass is 516 g/mol. The van der Waals surface area contributed by atoms with Crippen LogP contribution < -0.4 is 9.64 Å². The van der Waals surface area contributed by atoms with E-state index < -0.39 is 5.60 Å². The number of anilines is 1. The first kappa shape index (κ1) is 25.2. The summed E-state index contributed by atoms with van der Waals surface area (Å²) in [5, 5.41) is 0. The fourth-order valence-corrected chi connectivity index (χ4v) is 6.15. The van der Waals surface area contributed by atoms with Crippen molar-refractivity contribution in [2.45, 2.75) is 83.3 Å². The van der Waals surface area contributed by atoms with Crippen LogP contribution in [0.3, 0.4) is 0 Å². The molecule has 2 fully saturated rings. The fourth-order valence-electron chi connectivity index (χ4n) is 6.15. The lowest BCUT2D eigenvalue weighted by molar-refractivity contribution is 0.0270. The zero-order valence-electron chi connectivity index (χ0n) is 23.2. The molecule has 202 valence electrons. The number of benzene rings is 1. The SMILES string of the molecule is CC(C)(C)OC(=O)N1CC=C(c2ccc3c(c2)CC(C)(C2CCN(c4ncc(C5CC5)cn4)CC2)O3)CC1. The molecule has 1 aromatic carbocycles. The average molecular weight is 517 g/mol. The molecular formula is C31H40N4O3. The van der Waals surface area contributed by atoms with Crippen molar-refractivity contribution in [3.63, 3.8) is 0 Å². The number of ether oxygens (including phenoxy) is 2. The van der Waals surface area contributed by atoms with E-state index in [0.717, 1.165) is 50.5 Å². The zero-order chi connectivity index (χ0) is 26.5. The van der Waals surface area contributed by atoms with Crippen molar-refractivity contribution < 1.29 is 14.3 Å². The Labute approximate surface area is 226 Å². The quantitative estimate of drug-likeness (QED) is 0.497. The van der Waals surface area contributed by atoms with Gasteiger partial charge in [-0.05, 0) is 100 Å². The van der Waals surface area contributed by atoms with Gasteiger partial charge in [0.15, 0.2) is 0 Å². The van der Waals surface area contributed by atoms with E-state index >= 15 is 0 Å². The fraction of sp³-hybridized carbons (Fsp3) is 0.581. The van der Waals surface area contributed by atoms with Gasteiger partial charge in [0, 0.05) is 50.9 Å². The van der Waals surface area contributed by atoms with Crippen molar-refractivity contribution in [2.75, 3.05) is 31.1 Å². The number of hydrogen-bond donors (Lipinski definition) is 0. The number of carbonyl (C=O) groups excluding carboxylic acids is 1. The minimum atomic E-state index is -0.473. The number of hydrogen-bond acceptors (Lipinski definition) is 6. The van der Waals surface area contributed by atoms with Crippen molar-refractivity contribution in [3.05, 3.63) is 53.4 Å². The van der Waals surface area contributed by atoms with Crippen LogP contribution in [0.1, 0.15) is 82.4 Å². The number of rotatable bonds is 4. The third-order valence-corrected chi connectivity index (χ3v) is 8.53. The molecule has 1 aromatic heterocycles. The Kier molecular flexibility index (Phi) is 6.36. The van der Waals surface area contributed by atoms with Gasteiger partial charge < -0.3 is 19.3 Å².